The molecular weight excluding hydrogens is 320 g/mol. The Balaban J connectivity index is 2.19. The van der Waals surface area contributed by atoms with Crippen LogP contribution in [0.5, 0.6) is 0 Å². The number of hydrogen-bond donors (Lipinski definition) is 0. The van der Waals surface area contributed by atoms with Gasteiger partial charge in [-0.1, -0.05) is 31.5 Å². The molecule has 0 saturated carbocycles. The van der Waals surface area contributed by atoms with E-state index in [1.807, 2.05) is 6.92 Å². The molecule has 0 spiro atoms. The lowest BCUT2D eigenvalue weighted by atomic mass is 10.0. The number of nitrogens with zero attached hydrogens (tertiary/aromatic N) is 4. The second-order valence-electron chi connectivity index (χ2n) is 7.66. The fourth-order valence-electron chi connectivity index (χ4n) is 4.72. The van der Waals surface area contributed by atoms with Crippen LogP contribution in [-0.2, 0) is 0 Å². The van der Waals surface area contributed by atoms with E-state index < -0.39 is 0 Å². The summed E-state index contributed by atoms with van der Waals surface area (Å²) in [6.07, 6.45) is 2.20. The molecule has 4 nitrogen and oxygen atoms in total. The molecule has 0 amide bonds. The Hall–Kier alpha value is -2.36. The van der Waals surface area contributed by atoms with E-state index in [-0.39, 0.29) is 0 Å². The van der Waals surface area contributed by atoms with Crippen molar-refractivity contribution >= 4 is 22.3 Å². The third-order valence-corrected chi connectivity index (χ3v) is 5.74. The van der Waals surface area contributed by atoms with Gasteiger partial charge in [0.1, 0.15) is 17.1 Å². The van der Waals surface area contributed by atoms with Crippen molar-refractivity contribution in [3.8, 4) is 5.69 Å². The van der Waals surface area contributed by atoms with Crippen LogP contribution in [0, 0.1) is 34.6 Å². The predicted molar refractivity (Wildman–Crippen MR) is 109 cm³/mol. The van der Waals surface area contributed by atoms with Gasteiger partial charge < -0.3 is 4.57 Å². The van der Waals surface area contributed by atoms with Gasteiger partial charge in [0.2, 0.25) is 0 Å². The van der Waals surface area contributed by atoms with Gasteiger partial charge in [0.05, 0.1) is 11.1 Å². The van der Waals surface area contributed by atoms with E-state index in [4.69, 9.17) is 9.97 Å². The SMILES string of the molecule is CCC(CC)n1c2nc(C)nc3c2c(C)c1n3-c1c(C)cc(C)cc1C. The first-order valence-electron chi connectivity index (χ1n) is 9.66. The molecule has 0 aliphatic rings. The molecule has 0 saturated heterocycles. The minimum atomic E-state index is 0.456. The van der Waals surface area contributed by atoms with E-state index in [1.165, 1.54) is 39.0 Å². The third-order valence-electron chi connectivity index (χ3n) is 5.74. The first kappa shape index (κ1) is 17.1. The second kappa shape index (κ2) is 5.83. The van der Waals surface area contributed by atoms with Crippen molar-refractivity contribution in [2.45, 2.75) is 67.3 Å². The summed E-state index contributed by atoms with van der Waals surface area (Å²) >= 11 is 0. The molecule has 3 aromatic heterocycles. The van der Waals surface area contributed by atoms with Gasteiger partial charge in [-0.15, -0.1) is 0 Å². The molecule has 136 valence electrons. The number of fused-ring (bicyclic) bond motifs is 1. The molecule has 0 aliphatic heterocycles. The number of rotatable bonds is 4. The summed E-state index contributed by atoms with van der Waals surface area (Å²) in [5, 5.41) is 1.22. The zero-order valence-corrected chi connectivity index (χ0v) is 16.9. The summed E-state index contributed by atoms with van der Waals surface area (Å²) in [4.78, 5) is 9.68. The number of aromatic nitrogens is 4. The monoisotopic (exact) mass is 348 g/mol. The number of hydrogen-bond acceptors (Lipinski definition) is 2. The molecular formula is C22H28N4. The predicted octanol–water partition coefficient (Wildman–Crippen LogP) is 5.72. The topological polar surface area (TPSA) is 35.6 Å². The van der Waals surface area contributed by atoms with Crippen LogP contribution in [-0.4, -0.2) is 19.1 Å². The van der Waals surface area contributed by atoms with Crippen molar-refractivity contribution < 1.29 is 0 Å². The standard InChI is InChI=1S/C22H28N4/c1-8-17(9-2)25-20-18-15(6)22(25)26(21(18)24-16(7)23-20)19-13(4)10-12(3)11-14(19)5/h10-11,17H,8-9H2,1-7H3. The molecule has 0 atom stereocenters. The average Bonchev–Trinajstić information content (AvgIpc) is 2.98. The highest BCUT2D eigenvalue weighted by Crippen LogP contribution is 2.40. The van der Waals surface area contributed by atoms with Crippen molar-refractivity contribution in [1.29, 1.82) is 0 Å². The van der Waals surface area contributed by atoms with Gasteiger partial charge in [-0.25, -0.2) is 9.97 Å². The maximum Gasteiger partial charge on any atom is 0.152 e. The lowest BCUT2D eigenvalue weighted by molar-refractivity contribution is 0.489. The summed E-state index contributed by atoms with van der Waals surface area (Å²) in [7, 11) is 0. The molecule has 2 bridgehead atoms. The van der Waals surface area contributed by atoms with E-state index in [2.05, 4.69) is 62.8 Å². The Kier molecular flexibility index (Phi) is 3.83. The molecule has 26 heavy (non-hydrogen) atoms. The van der Waals surface area contributed by atoms with E-state index >= 15 is 0 Å². The van der Waals surface area contributed by atoms with Gasteiger partial charge in [0, 0.05) is 11.6 Å². The normalized spacial score (nSPS) is 12.3. The Bertz CT molecular complexity index is 1090. The quantitative estimate of drug-likeness (QED) is 0.473. The highest BCUT2D eigenvalue weighted by molar-refractivity contribution is 6.04. The van der Waals surface area contributed by atoms with E-state index in [1.54, 1.807) is 0 Å². The van der Waals surface area contributed by atoms with Crippen LogP contribution < -0.4 is 0 Å². The first-order valence-corrected chi connectivity index (χ1v) is 9.66. The average molecular weight is 348 g/mol. The minimum Gasteiger partial charge on any atom is -0.308 e. The van der Waals surface area contributed by atoms with E-state index in [0.717, 1.165) is 30.0 Å². The lowest BCUT2D eigenvalue weighted by Gasteiger charge is -2.24. The van der Waals surface area contributed by atoms with Crippen LogP contribution in [0.15, 0.2) is 12.1 Å². The molecule has 4 heteroatoms. The van der Waals surface area contributed by atoms with Crippen LogP contribution >= 0.6 is 0 Å². The Morgan fingerprint density at radius 1 is 0.885 bits per heavy atom. The highest BCUT2D eigenvalue weighted by atomic mass is 15.2. The number of benzene rings is 1. The minimum absolute atomic E-state index is 0.456. The molecule has 0 unspecified atom stereocenters. The Labute approximate surface area is 155 Å². The van der Waals surface area contributed by atoms with Crippen LogP contribution in [0.2, 0.25) is 0 Å². The smallest absolute Gasteiger partial charge is 0.152 e. The van der Waals surface area contributed by atoms with Crippen LogP contribution in [0.25, 0.3) is 28.0 Å². The van der Waals surface area contributed by atoms with Gasteiger partial charge in [0.15, 0.2) is 5.65 Å². The van der Waals surface area contributed by atoms with Gasteiger partial charge in [-0.2, -0.15) is 0 Å². The van der Waals surface area contributed by atoms with Gasteiger partial charge >= 0.3 is 0 Å². The maximum absolute atomic E-state index is 4.85. The number of aryl methyl sites for hydroxylation is 5. The lowest BCUT2D eigenvalue weighted by Crippen LogP contribution is -2.15. The Morgan fingerprint density at radius 2 is 1.46 bits per heavy atom. The largest absolute Gasteiger partial charge is 0.308 e. The first-order chi connectivity index (χ1) is 12.4. The molecule has 0 N–H and O–H groups in total. The van der Waals surface area contributed by atoms with Crippen molar-refractivity contribution in [3.05, 3.63) is 40.2 Å². The molecule has 0 radical (unpaired) electrons. The fraction of sp³-hybridized carbons (Fsp3) is 0.455. The van der Waals surface area contributed by atoms with Crippen LogP contribution in [0.4, 0.5) is 0 Å². The summed E-state index contributed by atoms with van der Waals surface area (Å²) in [6, 6.07) is 4.99. The zero-order chi connectivity index (χ0) is 18.7. The third kappa shape index (κ3) is 2.14. The second-order valence-corrected chi connectivity index (χ2v) is 7.66. The summed E-state index contributed by atoms with van der Waals surface area (Å²) in [5.74, 6) is 0.843. The molecule has 0 fully saturated rings. The molecule has 0 aliphatic carbocycles. The summed E-state index contributed by atoms with van der Waals surface area (Å²) < 4.78 is 4.85. The van der Waals surface area contributed by atoms with Crippen LogP contribution in [0.3, 0.4) is 0 Å². The molecule has 4 aromatic rings. The summed E-state index contributed by atoms with van der Waals surface area (Å²) in [5.41, 5.74) is 9.89. The van der Waals surface area contributed by atoms with Crippen molar-refractivity contribution in [1.82, 2.24) is 19.1 Å². The summed E-state index contributed by atoms with van der Waals surface area (Å²) in [6.45, 7) is 15.3. The van der Waals surface area contributed by atoms with Crippen LogP contribution in [0.1, 0.15) is 60.8 Å². The highest BCUT2D eigenvalue weighted by Gasteiger charge is 2.29. The van der Waals surface area contributed by atoms with E-state index in [0.29, 0.717) is 6.04 Å². The van der Waals surface area contributed by atoms with Gasteiger partial charge in [-0.05, 0) is 58.6 Å². The maximum atomic E-state index is 4.85. The van der Waals surface area contributed by atoms with Crippen molar-refractivity contribution in [3.63, 3.8) is 0 Å². The fourth-order valence-corrected chi connectivity index (χ4v) is 4.72. The van der Waals surface area contributed by atoms with Crippen molar-refractivity contribution in [2.24, 2.45) is 0 Å². The zero-order valence-electron chi connectivity index (χ0n) is 16.9. The molecule has 4 rings (SSSR count). The molecule has 3 heterocycles. The van der Waals surface area contributed by atoms with Crippen molar-refractivity contribution in [2.75, 3.05) is 0 Å². The van der Waals surface area contributed by atoms with Gasteiger partial charge in [0.25, 0.3) is 0 Å². The molecule has 1 aromatic carbocycles. The van der Waals surface area contributed by atoms with Gasteiger partial charge in [-0.3, -0.25) is 4.57 Å². The Morgan fingerprint density at radius 3 is 2.04 bits per heavy atom. The van der Waals surface area contributed by atoms with E-state index in [9.17, 15) is 0 Å².